The summed E-state index contributed by atoms with van der Waals surface area (Å²) in [5, 5.41) is 7.59. The lowest BCUT2D eigenvalue weighted by atomic mass is 9.84. The molecule has 1 aromatic carbocycles. The Labute approximate surface area is 168 Å². The third kappa shape index (κ3) is 4.82. The van der Waals surface area contributed by atoms with Crippen LogP contribution in [0.1, 0.15) is 61.7 Å². The van der Waals surface area contributed by atoms with E-state index in [0.717, 1.165) is 24.2 Å². The van der Waals surface area contributed by atoms with Crippen LogP contribution in [0.15, 0.2) is 42.7 Å². The predicted molar refractivity (Wildman–Crippen MR) is 112 cm³/mol. The Hall–Kier alpha value is -2.14. The average molecular weight is 381 g/mol. The van der Waals surface area contributed by atoms with E-state index in [1.165, 1.54) is 58.0 Å². The molecule has 1 amide bonds. The van der Waals surface area contributed by atoms with Gasteiger partial charge in [0.25, 0.3) is 5.91 Å². The van der Waals surface area contributed by atoms with Crippen molar-refractivity contribution in [1.82, 2.24) is 20.0 Å². The second kappa shape index (κ2) is 9.37. The molecule has 28 heavy (non-hydrogen) atoms. The van der Waals surface area contributed by atoms with E-state index in [1.54, 1.807) is 10.9 Å². The van der Waals surface area contributed by atoms with Crippen LogP contribution >= 0.6 is 0 Å². The molecular weight excluding hydrogens is 348 g/mol. The number of nitrogens with one attached hydrogen (secondary N) is 1. The molecule has 2 aromatic rings. The first-order valence-corrected chi connectivity index (χ1v) is 10.9. The van der Waals surface area contributed by atoms with Gasteiger partial charge in [0.15, 0.2) is 0 Å². The van der Waals surface area contributed by atoms with Crippen molar-refractivity contribution < 1.29 is 4.79 Å². The highest BCUT2D eigenvalue weighted by Gasteiger charge is 2.28. The highest BCUT2D eigenvalue weighted by molar-refractivity contribution is 5.94. The lowest BCUT2D eigenvalue weighted by Gasteiger charge is -2.35. The molecule has 0 radical (unpaired) electrons. The molecule has 0 spiro atoms. The molecule has 150 valence electrons. The number of hydrogen-bond donors (Lipinski definition) is 1. The van der Waals surface area contributed by atoms with E-state index in [-0.39, 0.29) is 5.91 Å². The molecule has 2 atom stereocenters. The van der Waals surface area contributed by atoms with Gasteiger partial charge in [-0.05, 0) is 75.0 Å². The Morgan fingerprint density at radius 1 is 1.00 bits per heavy atom. The molecule has 1 saturated carbocycles. The largest absolute Gasteiger partial charge is 0.349 e. The maximum Gasteiger partial charge on any atom is 0.251 e. The first kappa shape index (κ1) is 19.2. The summed E-state index contributed by atoms with van der Waals surface area (Å²) in [5.41, 5.74) is 1.70. The van der Waals surface area contributed by atoms with Gasteiger partial charge in [0, 0.05) is 30.5 Å². The number of amides is 1. The van der Waals surface area contributed by atoms with Crippen LogP contribution in [0.25, 0.3) is 5.69 Å². The maximum absolute atomic E-state index is 12.9. The van der Waals surface area contributed by atoms with E-state index in [1.807, 2.05) is 36.5 Å². The van der Waals surface area contributed by atoms with Gasteiger partial charge in [-0.25, -0.2) is 4.68 Å². The van der Waals surface area contributed by atoms with Crippen molar-refractivity contribution in [3.8, 4) is 5.69 Å². The fraction of sp³-hybridized carbons (Fsp3) is 0.565. The van der Waals surface area contributed by atoms with E-state index >= 15 is 0 Å². The quantitative estimate of drug-likeness (QED) is 0.852. The lowest BCUT2D eigenvalue weighted by Crippen LogP contribution is -2.46. The van der Waals surface area contributed by atoms with Crippen molar-refractivity contribution in [3.05, 3.63) is 48.3 Å². The molecule has 2 aliphatic rings. The van der Waals surface area contributed by atoms with Crippen molar-refractivity contribution >= 4 is 5.91 Å². The van der Waals surface area contributed by atoms with Crippen molar-refractivity contribution in [2.24, 2.45) is 5.92 Å². The fourth-order valence-electron chi connectivity index (χ4n) is 4.71. The zero-order valence-corrected chi connectivity index (χ0v) is 16.7. The van der Waals surface area contributed by atoms with Gasteiger partial charge in [-0.1, -0.05) is 25.7 Å². The van der Waals surface area contributed by atoms with E-state index in [0.29, 0.717) is 12.0 Å². The van der Waals surface area contributed by atoms with Gasteiger partial charge in [-0.3, -0.25) is 4.79 Å². The summed E-state index contributed by atoms with van der Waals surface area (Å²) >= 11 is 0. The highest BCUT2D eigenvalue weighted by atomic mass is 16.1. The lowest BCUT2D eigenvalue weighted by molar-refractivity contribution is 0.0886. The van der Waals surface area contributed by atoms with Gasteiger partial charge in [0.05, 0.1) is 5.69 Å². The summed E-state index contributed by atoms with van der Waals surface area (Å²) in [5.74, 6) is 0.638. The molecule has 1 aliphatic heterocycles. The molecule has 1 aromatic heterocycles. The van der Waals surface area contributed by atoms with Crippen molar-refractivity contribution in [2.45, 2.75) is 57.4 Å². The third-order valence-electron chi connectivity index (χ3n) is 6.32. The average Bonchev–Trinajstić information content (AvgIpc) is 3.15. The second-order valence-corrected chi connectivity index (χ2v) is 8.34. The maximum atomic E-state index is 12.9. The summed E-state index contributed by atoms with van der Waals surface area (Å²) in [6.45, 7) is 3.60. The fourth-order valence-corrected chi connectivity index (χ4v) is 4.71. The Balaban J connectivity index is 1.37. The minimum atomic E-state index is 0.0554. The number of hydrogen-bond acceptors (Lipinski definition) is 3. The normalized spacial score (nSPS) is 23.9. The van der Waals surface area contributed by atoms with Gasteiger partial charge in [0.2, 0.25) is 0 Å². The molecule has 2 fully saturated rings. The predicted octanol–water partition coefficient (Wildman–Crippen LogP) is 4.04. The summed E-state index contributed by atoms with van der Waals surface area (Å²) in [4.78, 5) is 15.5. The summed E-state index contributed by atoms with van der Waals surface area (Å²) in [6, 6.07) is 9.91. The standard InChI is InChI=1S/C23H32N4O/c28-23(19-10-12-21(13-11-19)27-17-7-14-24-27)25-22-9-4-3-8-20(22)18-26-15-5-1-2-6-16-26/h7,10-14,17,20,22H,1-6,8-9,15-16,18H2,(H,25,28)/t20-,22+/m0/s1. The summed E-state index contributed by atoms with van der Waals surface area (Å²) < 4.78 is 1.81. The highest BCUT2D eigenvalue weighted by Crippen LogP contribution is 2.26. The first-order chi connectivity index (χ1) is 13.8. The van der Waals surface area contributed by atoms with Crippen LogP contribution in [0.5, 0.6) is 0 Å². The van der Waals surface area contributed by atoms with Crippen molar-refractivity contribution in [2.75, 3.05) is 19.6 Å². The van der Waals surface area contributed by atoms with Crippen LogP contribution in [-0.4, -0.2) is 46.3 Å². The van der Waals surface area contributed by atoms with E-state index in [4.69, 9.17) is 0 Å². The molecule has 5 heteroatoms. The van der Waals surface area contributed by atoms with Crippen molar-refractivity contribution in [1.29, 1.82) is 0 Å². The second-order valence-electron chi connectivity index (χ2n) is 8.34. The van der Waals surface area contributed by atoms with Crippen molar-refractivity contribution in [3.63, 3.8) is 0 Å². The minimum Gasteiger partial charge on any atom is -0.349 e. The molecular formula is C23H32N4O. The molecule has 4 rings (SSSR count). The minimum absolute atomic E-state index is 0.0554. The van der Waals surface area contributed by atoms with Crippen LogP contribution < -0.4 is 5.32 Å². The molecule has 1 aliphatic carbocycles. The molecule has 2 heterocycles. The monoisotopic (exact) mass is 380 g/mol. The number of benzene rings is 1. The molecule has 0 unspecified atom stereocenters. The number of aromatic nitrogens is 2. The smallest absolute Gasteiger partial charge is 0.251 e. The topological polar surface area (TPSA) is 50.2 Å². The molecule has 1 saturated heterocycles. The number of nitrogens with zero attached hydrogens (tertiary/aromatic N) is 3. The summed E-state index contributed by atoms with van der Waals surface area (Å²) in [7, 11) is 0. The molecule has 0 bridgehead atoms. The first-order valence-electron chi connectivity index (χ1n) is 10.9. The van der Waals surface area contributed by atoms with Gasteiger partial charge in [-0.2, -0.15) is 5.10 Å². The van der Waals surface area contributed by atoms with E-state index in [9.17, 15) is 4.79 Å². The number of carbonyl (C=O) groups is 1. The van der Waals surface area contributed by atoms with E-state index < -0.39 is 0 Å². The summed E-state index contributed by atoms with van der Waals surface area (Å²) in [6.07, 6.45) is 13.9. The Bertz CT molecular complexity index is 732. The van der Waals surface area contributed by atoms with E-state index in [2.05, 4.69) is 15.3 Å². The molecule has 5 nitrogen and oxygen atoms in total. The third-order valence-corrected chi connectivity index (χ3v) is 6.32. The number of likely N-dealkylation sites (tertiary alicyclic amines) is 1. The Morgan fingerprint density at radius 2 is 1.75 bits per heavy atom. The van der Waals surface area contributed by atoms with Gasteiger partial charge in [0.1, 0.15) is 0 Å². The Kier molecular flexibility index (Phi) is 6.42. The SMILES string of the molecule is O=C(N[C@@H]1CCCC[C@H]1CN1CCCCCC1)c1ccc(-n2cccn2)cc1. The number of carbonyl (C=O) groups excluding carboxylic acids is 1. The van der Waals surface area contributed by atoms with Gasteiger partial charge in [-0.15, -0.1) is 0 Å². The van der Waals surface area contributed by atoms with Crippen LogP contribution in [0.3, 0.4) is 0 Å². The van der Waals surface area contributed by atoms with Gasteiger partial charge >= 0.3 is 0 Å². The van der Waals surface area contributed by atoms with Crippen LogP contribution in [0.4, 0.5) is 0 Å². The Morgan fingerprint density at radius 3 is 2.46 bits per heavy atom. The number of rotatable bonds is 5. The zero-order chi connectivity index (χ0) is 19.2. The van der Waals surface area contributed by atoms with Crippen LogP contribution in [0, 0.1) is 5.92 Å². The zero-order valence-electron chi connectivity index (χ0n) is 16.7. The van der Waals surface area contributed by atoms with Crippen LogP contribution in [0.2, 0.25) is 0 Å². The van der Waals surface area contributed by atoms with Crippen LogP contribution in [-0.2, 0) is 0 Å². The molecule has 1 N–H and O–H groups in total. The van der Waals surface area contributed by atoms with Gasteiger partial charge < -0.3 is 10.2 Å².